The van der Waals surface area contributed by atoms with Crippen LogP contribution in [0.25, 0.3) is 0 Å². The molecule has 2 aromatic carbocycles. The van der Waals surface area contributed by atoms with Crippen LogP contribution in [0, 0.1) is 0 Å². The van der Waals surface area contributed by atoms with E-state index in [0.29, 0.717) is 23.5 Å². The van der Waals surface area contributed by atoms with Gasteiger partial charge in [0.15, 0.2) is 0 Å². The van der Waals surface area contributed by atoms with E-state index in [9.17, 15) is 21.6 Å². The van der Waals surface area contributed by atoms with Gasteiger partial charge in [-0.25, -0.2) is 8.42 Å². The van der Waals surface area contributed by atoms with Gasteiger partial charge in [0, 0.05) is 17.1 Å². The molecular weight excluding hydrogens is 341 g/mol. The molecule has 4 nitrogen and oxygen atoms in total. The molecule has 0 spiro atoms. The lowest BCUT2D eigenvalue weighted by molar-refractivity contribution is -0.137. The summed E-state index contributed by atoms with van der Waals surface area (Å²) in [7, 11) is -3.37. The third-order valence-corrected chi connectivity index (χ3v) is 4.60. The van der Waals surface area contributed by atoms with Crippen molar-refractivity contribution in [3.8, 4) is 0 Å². The molecule has 24 heavy (non-hydrogen) atoms. The average molecular weight is 358 g/mol. The molecule has 0 aliphatic carbocycles. The van der Waals surface area contributed by atoms with Crippen LogP contribution in [0.1, 0.15) is 18.9 Å². The predicted molar refractivity (Wildman–Crippen MR) is 88.9 cm³/mol. The summed E-state index contributed by atoms with van der Waals surface area (Å²) in [6.45, 7) is 1.77. The fraction of sp³-hybridized carbons (Fsp3) is 0.250. The maximum atomic E-state index is 12.7. The van der Waals surface area contributed by atoms with E-state index in [0.717, 1.165) is 12.1 Å². The van der Waals surface area contributed by atoms with E-state index in [1.54, 1.807) is 31.2 Å². The Kier molecular flexibility index (Phi) is 5.38. The van der Waals surface area contributed by atoms with Crippen LogP contribution >= 0.6 is 0 Å². The molecule has 0 radical (unpaired) electrons. The molecule has 0 aromatic heterocycles. The number of anilines is 3. The number of alkyl halides is 3. The van der Waals surface area contributed by atoms with Gasteiger partial charge in [-0.15, -0.1) is 0 Å². The molecule has 0 aliphatic rings. The minimum atomic E-state index is -4.40. The monoisotopic (exact) mass is 358 g/mol. The van der Waals surface area contributed by atoms with E-state index in [1.165, 1.54) is 12.1 Å². The van der Waals surface area contributed by atoms with Crippen molar-refractivity contribution in [3.63, 3.8) is 0 Å². The Labute approximate surface area is 138 Å². The van der Waals surface area contributed by atoms with Crippen molar-refractivity contribution < 1.29 is 21.6 Å². The Balaban J connectivity index is 2.10. The van der Waals surface area contributed by atoms with Gasteiger partial charge in [0.25, 0.3) is 0 Å². The van der Waals surface area contributed by atoms with Gasteiger partial charge in [-0.2, -0.15) is 13.2 Å². The van der Waals surface area contributed by atoms with Gasteiger partial charge in [0.1, 0.15) is 0 Å². The molecule has 0 bridgehead atoms. The average Bonchev–Trinajstić information content (AvgIpc) is 2.48. The van der Waals surface area contributed by atoms with Gasteiger partial charge in [-0.05, 0) is 48.9 Å². The zero-order valence-corrected chi connectivity index (χ0v) is 13.7. The van der Waals surface area contributed by atoms with Crippen LogP contribution in [-0.2, 0) is 16.2 Å². The van der Waals surface area contributed by atoms with Crippen LogP contribution in [-0.4, -0.2) is 14.2 Å². The molecule has 2 rings (SSSR count). The number of hydrogen-bond donors (Lipinski definition) is 2. The van der Waals surface area contributed by atoms with Crippen molar-refractivity contribution >= 4 is 27.1 Å². The Hall–Kier alpha value is -2.22. The van der Waals surface area contributed by atoms with E-state index < -0.39 is 21.8 Å². The van der Waals surface area contributed by atoms with E-state index in [1.807, 2.05) is 0 Å². The smallest absolute Gasteiger partial charge is 0.356 e. The van der Waals surface area contributed by atoms with Crippen molar-refractivity contribution in [2.75, 3.05) is 15.8 Å². The van der Waals surface area contributed by atoms with Crippen LogP contribution in [0.2, 0.25) is 0 Å². The van der Waals surface area contributed by atoms with Gasteiger partial charge < -0.3 is 5.32 Å². The summed E-state index contributed by atoms with van der Waals surface area (Å²) in [6, 6.07) is 11.1. The first kappa shape index (κ1) is 18.1. The molecule has 2 aromatic rings. The highest BCUT2D eigenvalue weighted by Crippen LogP contribution is 2.31. The first-order chi connectivity index (χ1) is 11.2. The second kappa shape index (κ2) is 7.12. The summed E-state index contributed by atoms with van der Waals surface area (Å²) in [5.41, 5.74) is 0.506. The van der Waals surface area contributed by atoms with Crippen LogP contribution in [0.15, 0.2) is 48.5 Å². The van der Waals surface area contributed by atoms with Crippen molar-refractivity contribution in [3.05, 3.63) is 54.1 Å². The number of halogens is 3. The molecule has 0 atom stereocenters. The first-order valence-corrected chi connectivity index (χ1v) is 8.90. The Morgan fingerprint density at radius 3 is 2.17 bits per heavy atom. The highest BCUT2D eigenvalue weighted by atomic mass is 32.2. The quantitative estimate of drug-likeness (QED) is 0.793. The minimum Gasteiger partial charge on any atom is -0.356 e. The Bertz CT molecular complexity index is 788. The molecule has 2 N–H and O–H groups in total. The van der Waals surface area contributed by atoms with Crippen LogP contribution in [0.3, 0.4) is 0 Å². The standard InChI is InChI=1S/C16H17F3N2O2S/c1-2-10-24(22,23)21-14-8-6-13(7-9-14)20-15-5-3-4-12(11-15)16(17,18)19/h3-9,11,20-21H,2,10H2,1H3. The summed E-state index contributed by atoms with van der Waals surface area (Å²) in [4.78, 5) is 0. The lowest BCUT2D eigenvalue weighted by Crippen LogP contribution is -2.15. The zero-order chi connectivity index (χ0) is 17.8. The summed E-state index contributed by atoms with van der Waals surface area (Å²) in [5, 5.41) is 2.85. The fourth-order valence-electron chi connectivity index (χ4n) is 2.06. The largest absolute Gasteiger partial charge is 0.416 e. The van der Waals surface area contributed by atoms with E-state index in [4.69, 9.17) is 0 Å². The summed E-state index contributed by atoms with van der Waals surface area (Å²) < 4.78 is 63.8. The first-order valence-electron chi connectivity index (χ1n) is 7.24. The molecule has 0 amide bonds. The molecule has 8 heteroatoms. The predicted octanol–water partition coefficient (Wildman–Crippen LogP) is 4.60. The van der Waals surface area contributed by atoms with Gasteiger partial charge in [-0.1, -0.05) is 13.0 Å². The van der Waals surface area contributed by atoms with E-state index in [2.05, 4.69) is 10.0 Å². The molecule has 0 unspecified atom stereocenters. The Morgan fingerprint density at radius 1 is 0.958 bits per heavy atom. The molecule has 0 heterocycles. The van der Waals surface area contributed by atoms with Gasteiger partial charge >= 0.3 is 6.18 Å². The van der Waals surface area contributed by atoms with Gasteiger partial charge in [0.2, 0.25) is 10.0 Å². The minimum absolute atomic E-state index is 0.0250. The summed E-state index contributed by atoms with van der Waals surface area (Å²) in [6.07, 6.45) is -3.90. The van der Waals surface area contributed by atoms with E-state index in [-0.39, 0.29) is 5.75 Å². The number of rotatable bonds is 6. The maximum Gasteiger partial charge on any atom is 0.416 e. The number of sulfonamides is 1. The van der Waals surface area contributed by atoms with Gasteiger partial charge in [0.05, 0.1) is 11.3 Å². The van der Waals surface area contributed by atoms with Crippen LogP contribution in [0.5, 0.6) is 0 Å². The van der Waals surface area contributed by atoms with Gasteiger partial charge in [-0.3, -0.25) is 4.72 Å². The number of nitrogens with one attached hydrogen (secondary N) is 2. The van der Waals surface area contributed by atoms with Crippen molar-refractivity contribution in [1.29, 1.82) is 0 Å². The maximum absolute atomic E-state index is 12.7. The lowest BCUT2D eigenvalue weighted by Gasteiger charge is -2.11. The van der Waals surface area contributed by atoms with E-state index >= 15 is 0 Å². The highest BCUT2D eigenvalue weighted by Gasteiger charge is 2.30. The third kappa shape index (κ3) is 5.16. The highest BCUT2D eigenvalue weighted by molar-refractivity contribution is 7.92. The Morgan fingerprint density at radius 2 is 1.58 bits per heavy atom. The van der Waals surface area contributed by atoms with Crippen molar-refractivity contribution in [2.45, 2.75) is 19.5 Å². The molecule has 130 valence electrons. The topological polar surface area (TPSA) is 58.2 Å². The summed E-state index contributed by atoms with van der Waals surface area (Å²) >= 11 is 0. The second-order valence-electron chi connectivity index (χ2n) is 5.20. The lowest BCUT2D eigenvalue weighted by atomic mass is 10.2. The fourth-order valence-corrected chi connectivity index (χ4v) is 3.20. The summed E-state index contributed by atoms with van der Waals surface area (Å²) in [5.74, 6) is 0.0250. The van der Waals surface area contributed by atoms with Crippen LogP contribution in [0.4, 0.5) is 30.2 Å². The van der Waals surface area contributed by atoms with Crippen molar-refractivity contribution in [1.82, 2.24) is 0 Å². The molecule has 0 fully saturated rings. The molecule has 0 saturated heterocycles. The van der Waals surface area contributed by atoms with Crippen LogP contribution < -0.4 is 10.0 Å². The SMILES string of the molecule is CCCS(=O)(=O)Nc1ccc(Nc2cccc(C(F)(F)F)c2)cc1. The van der Waals surface area contributed by atoms with Crippen molar-refractivity contribution in [2.24, 2.45) is 0 Å². The molecule has 0 aliphatic heterocycles. The number of hydrogen-bond acceptors (Lipinski definition) is 3. The third-order valence-electron chi connectivity index (χ3n) is 3.11. The normalized spacial score (nSPS) is 12.0. The second-order valence-corrected chi connectivity index (χ2v) is 7.04. The zero-order valence-electron chi connectivity index (χ0n) is 12.9. The molecule has 0 saturated carbocycles. The number of benzene rings is 2. The molecular formula is C16H17F3N2O2S.